The lowest BCUT2D eigenvalue weighted by molar-refractivity contribution is 0.400. The van der Waals surface area contributed by atoms with E-state index in [-0.39, 0.29) is 6.01 Å². The number of ether oxygens (including phenoxy) is 2. The van der Waals surface area contributed by atoms with Crippen LogP contribution in [0.3, 0.4) is 0 Å². The van der Waals surface area contributed by atoms with Crippen LogP contribution in [0, 0.1) is 6.92 Å². The molecule has 1 aromatic carbocycles. The molecule has 0 unspecified atom stereocenters. The summed E-state index contributed by atoms with van der Waals surface area (Å²) >= 11 is 0. The van der Waals surface area contributed by atoms with E-state index in [2.05, 4.69) is 10.2 Å². The van der Waals surface area contributed by atoms with Gasteiger partial charge in [0.15, 0.2) is 0 Å². The van der Waals surface area contributed by atoms with Crippen LogP contribution in [0.2, 0.25) is 0 Å². The van der Waals surface area contributed by atoms with Crippen molar-refractivity contribution in [1.29, 1.82) is 0 Å². The fourth-order valence-corrected chi connectivity index (χ4v) is 1.56. The van der Waals surface area contributed by atoms with E-state index < -0.39 is 0 Å². The highest BCUT2D eigenvalue weighted by Crippen LogP contribution is 2.35. The minimum Gasteiger partial charge on any atom is -0.496 e. The van der Waals surface area contributed by atoms with Gasteiger partial charge in [-0.25, -0.2) is 0 Å². The molecule has 2 rings (SSSR count). The number of aromatic nitrogens is 2. The largest absolute Gasteiger partial charge is 0.496 e. The molecule has 0 saturated carbocycles. The first-order valence-electron chi connectivity index (χ1n) is 4.97. The Morgan fingerprint density at radius 2 is 1.82 bits per heavy atom. The number of methoxy groups -OCH3 is 2. The van der Waals surface area contributed by atoms with Crippen LogP contribution < -0.4 is 15.2 Å². The monoisotopic (exact) mass is 235 g/mol. The SMILES string of the molecule is COc1cc(-c2nnc(N)o2)c(OC)cc1C. The molecular formula is C11H13N3O3. The first-order valence-corrected chi connectivity index (χ1v) is 4.97. The third-order valence-corrected chi connectivity index (χ3v) is 2.39. The van der Waals surface area contributed by atoms with Crippen molar-refractivity contribution < 1.29 is 13.9 Å². The van der Waals surface area contributed by atoms with Gasteiger partial charge >= 0.3 is 6.01 Å². The van der Waals surface area contributed by atoms with E-state index in [9.17, 15) is 0 Å². The zero-order valence-electron chi connectivity index (χ0n) is 9.85. The van der Waals surface area contributed by atoms with Crippen LogP contribution in [-0.2, 0) is 0 Å². The van der Waals surface area contributed by atoms with Crippen molar-refractivity contribution in [2.24, 2.45) is 0 Å². The van der Waals surface area contributed by atoms with Gasteiger partial charge in [-0.15, -0.1) is 5.10 Å². The average molecular weight is 235 g/mol. The van der Waals surface area contributed by atoms with E-state index in [1.54, 1.807) is 20.3 Å². The zero-order valence-corrected chi connectivity index (χ0v) is 9.85. The summed E-state index contributed by atoms with van der Waals surface area (Å²) in [4.78, 5) is 0. The molecule has 6 nitrogen and oxygen atoms in total. The quantitative estimate of drug-likeness (QED) is 0.870. The maximum Gasteiger partial charge on any atom is 0.313 e. The molecule has 0 fully saturated rings. The summed E-state index contributed by atoms with van der Waals surface area (Å²) in [5, 5.41) is 7.43. The van der Waals surface area contributed by atoms with E-state index in [1.807, 2.05) is 13.0 Å². The van der Waals surface area contributed by atoms with Gasteiger partial charge in [0.05, 0.1) is 19.8 Å². The lowest BCUT2D eigenvalue weighted by Gasteiger charge is -2.10. The molecule has 2 aromatic rings. The van der Waals surface area contributed by atoms with Crippen LogP contribution in [0.25, 0.3) is 11.5 Å². The second-order valence-corrected chi connectivity index (χ2v) is 3.47. The van der Waals surface area contributed by atoms with E-state index in [0.29, 0.717) is 17.2 Å². The number of anilines is 1. The summed E-state index contributed by atoms with van der Waals surface area (Å²) in [6, 6.07) is 3.64. The van der Waals surface area contributed by atoms with Gasteiger partial charge in [0.1, 0.15) is 11.5 Å². The summed E-state index contributed by atoms with van der Waals surface area (Å²) < 4.78 is 15.7. The Bertz CT molecular complexity index is 537. The Morgan fingerprint density at radius 3 is 2.35 bits per heavy atom. The fourth-order valence-electron chi connectivity index (χ4n) is 1.56. The molecule has 0 saturated heterocycles. The highest BCUT2D eigenvalue weighted by Gasteiger charge is 2.15. The molecule has 0 aliphatic carbocycles. The molecule has 0 amide bonds. The molecule has 1 aromatic heterocycles. The number of rotatable bonds is 3. The van der Waals surface area contributed by atoms with Crippen LogP contribution in [0.4, 0.5) is 6.01 Å². The van der Waals surface area contributed by atoms with E-state index in [0.717, 1.165) is 11.3 Å². The molecule has 0 aliphatic heterocycles. The van der Waals surface area contributed by atoms with Gasteiger partial charge in [-0.05, 0) is 24.6 Å². The van der Waals surface area contributed by atoms with Gasteiger partial charge in [0.2, 0.25) is 0 Å². The van der Waals surface area contributed by atoms with Gasteiger partial charge in [0, 0.05) is 0 Å². The van der Waals surface area contributed by atoms with Crippen molar-refractivity contribution in [3.63, 3.8) is 0 Å². The predicted octanol–water partition coefficient (Wildman–Crippen LogP) is 1.64. The lowest BCUT2D eigenvalue weighted by Crippen LogP contribution is -1.93. The number of nitrogens with two attached hydrogens (primary N) is 1. The molecule has 0 radical (unpaired) electrons. The minimum absolute atomic E-state index is 0.0154. The number of benzene rings is 1. The Morgan fingerprint density at radius 1 is 1.12 bits per heavy atom. The summed E-state index contributed by atoms with van der Waals surface area (Å²) in [5.74, 6) is 1.65. The second kappa shape index (κ2) is 4.32. The number of nitrogens with zero attached hydrogens (tertiary/aromatic N) is 2. The number of hydrogen-bond acceptors (Lipinski definition) is 6. The van der Waals surface area contributed by atoms with E-state index in [4.69, 9.17) is 19.6 Å². The van der Waals surface area contributed by atoms with Crippen LogP contribution in [-0.4, -0.2) is 24.4 Å². The van der Waals surface area contributed by atoms with Crippen molar-refractivity contribution >= 4 is 6.01 Å². The lowest BCUT2D eigenvalue weighted by atomic mass is 10.1. The van der Waals surface area contributed by atoms with E-state index in [1.165, 1.54) is 0 Å². The van der Waals surface area contributed by atoms with Crippen molar-refractivity contribution in [3.05, 3.63) is 17.7 Å². The molecule has 0 bridgehead atoms. The van der Waals surface area contributed by atoms with Crippen LogP contribution in [0.15, 0.2) is 16.5 Å². The third-order valence-electron chi connectivity index (χ3n) is 2.39. The molecule has 1 heterocycles. The fraction of sp³-hybridized carbons (Fsp3) is 0.273. The van der Waals surface area contributed by atoms with Crippen molar-refractivity contribution in [2.75, 3.05) is 20.0 Å². The van der Waals surface area contributed by atoms with Crippen LogP contribution in [0.1, 0.15) is 5.56 Å². The van der Waals surface area contributed by atoms with Crippen LogP contribution in [0.5, 0.6) is 11.5 Å². The Hall–Kier alpha value is -2.24. The third kappa shape index (κ3) is 2.01. The molecule has 90 valence electrons. The molecule has 17 heavy (non-hydrogen) atoms. The van der Waals surface area contributed by atoms with Gasteiger partial charge in [0.25, 0.3) is 5.89 Å². The Labute approximate surface area is 98.4 Å². The Kier molecular flexibility index (Phi) is 2.86. The molecule has 0 atom stereocenters. The van der Waals surface area contributed by atoms with Crippen LogP contribution >= 0.6 is 0 Å². The standard InChI is InChI=1S/C11H13N3O3/c1-6-4-9(16-3)7(5-8(6)15-2)10-13-14-11(12)17-10/h4-5H,1-3H3,(H2,12,14). The van der Waals surface area contributed by atoms with Gasteiger partial charge in [-0.1, -0.05) is 5.10 Å². The molecule has 2 N–H and O–H groups in total. The second-order valence-electron chi connectivity index (χ2n) is 3.47. The molecule has 0 aliphatic rings. The number of aryl methyl sites for hydroxylation is 1. The summed E-state index contributed by atoms with van der Waals surface area (Å²) in [5.41, 5.74) is 7.01. The van der Waals surface area contributed by atoms with Crippen molar-refractivity contribution in [1.82, 2.24) is 10.2 Å². The maximum absolute atomic E-state index is 5.40. The first kappa shape index (κ1) is 11.3. The van der Waals surface area contributed by atoms with Gasteiger partial charge < -0.3 is 19.6 Å². The maximum atomic E-state index is 5.40. The zero-order chi connectivity index (χ0) is 12.4. The predicted molar refractivity (Wildman–Crippen MR) is 62.0 cm³/mol. The average Bonchev–Trinajstić information content (AvgIpc) is 2.75. The normalized spacial score (nSPS) is 10.3. The van der Waals surface area contributed by atoms with Crippen molar-refractivity contribution in [3.8, 4) is 23.0 Å². The molecular weight excluding hydrogens is 222 g/mol. The minimum atomic E-state index is 0.0154. The molecule has 0 spiro atoms. The summed E-state index contributed by atoms with van der Waals surface area (Å²) in [6.45, 7) is 1.92. The first-order chi connectivity index (χ1) is 8.15. The number of hydrogen-bond donors (Lipinski definition) is 1. The summed E-state index contributed by atoms with van der Waals surface area (Å²) in [6.07, 6.45) is 0. The van der Waals surface area contributed by atoms with Gasteiger partial charge in [-0.3, -0.25) is 0 Å². The highest BCUT2D eigenvalue weighted by molar-refractivity contribution is 5.66. The topological polar surface area (TPSA) is 83.4 Å². The smallest absolute Gasteiger partial charge is 0.313 e. The number of nitrogen functional groups attached to an aromatic ring is 1. The highest BCUT2D eigenvalue weighted by atomic mass is 16.5. The molecule has 6 heteroatoms. The van der Waals surface area contributed by atoms with E-state index >= 15 is 0 Å². The summed E-state index contributed by atoms with van der Waals surface area (Å²) in [7, 11) is 3.17. The van der Waals surface area contributed by atoms with Gasteiger partial charge in [-0.2, -0.15) is 0 Å². The van der Waals surface area contributed by atoms with Crippen molar-refractivity contribution in [2.45, 2.75) is 6.92 Å². The Balaban J connectivity index is 2.58.